The SMILES string of the molecule is CCCCC(O)c1ccc(OC)c(C(C)(C)C)c1. The molecule has 0 bridgehead atoms. The van der Waals surface area contributed by atoms with Crippen molar-refractivity contribution in [1.29, 1.82) is 0 Å². The summed E-state index contributed by atoms with van der Waals surface area (Å²) in [6.45, 7) is 8.62. The second-order valence-corrected chi connectivity index (χ2v) is 5.87. The van der Waals surface area contributed by atoms with E-state index in [0.29, 0.717) is 0 Å². The van der Waals surface area contributed by atoms with Crippen LogP contribution in [0.4, 0.5) is 0 Å². The van der Waals surface area contributed by atoms with Crippen molar-refractivity contribution in [2.75, 3.05) is 7.11 Å². The minimum Gasteiger partial charge on any atom is -0.496 e. The Morgan fingerprint density at radius 1 is 1.28 bits per heavy atom. The molecule has 1 aromatic carbocycles. The molecule has 18 heavy (non-hydrogen) atoms. The normalized spacial score (nSPS) is 13.4. The third-order valence-electron chi connectivity index (χ3n) is 3.25. The molecule has 1 atom stereocenters. The Morgan fingerprint density at radius 2 is 1.94 bits per heavy atom. The summed E-state index contributed by atoms with van der Waals surface area (Å²) in [7, 11) is 1.69. The summed E-state index contributed by atoms with van der Waals surface area (Å²) in [6.07, 6.45) is 2.63. The summed E-state index contributed by atoms with van der Waals surface area (Å²) in [4.78, 5) is 0. The zero-order chi connectivity index (χ0) is 13.8. The molecule has 2 heteroatoms. The molecule has 0 radical (unpaired) electrons. The van der Waals surface area contributed by atoms with E-state index in [4.69, 9.17) is 4.74 Å². The van der Waals surface area contributed by atoms with Gasteiger partial charge >= 0.3 is 0 Å². The molecule has 0 aliphatic heterocycles. The predicted octanol–water partition coefficient (Wildman–Crippen LogP) is 4.22. The molecule has 1 rings (SSSR count). The number of methoxy groups -OCH3 is 1. The number of hydrogen-bond acceptors (Lipinski definition) is 2. The van der Waals surface area contributed by atoms with Gasteiger partial charge in [0.05, 0.1) is 13.2 Å². The minimum absolute atomic E-state index is 0.0197. The molecule has 0 heterocycles. The van der Waals surface area contributed by atoms with Crippen LogP contribution < -0.4 is 4.74 Å². The molecule has 1 aromatic rings. The molecule has 0 aliphatic carbocycles. The molecular weight excluding hydrogens is 224 g/mol. The molecule has 102 valence electrons. The summed E-state index contributed by atoms with van der Waals surface area (Å²) >= 11 is 0. The average molecular weight is 250 g/mol. The van der Waals surface area contributed by atoms with Crippen LogP contribution in [0, 0.1) is 0 Å². The molecule has 0 fully saturated rings. The number of aliphatic hydroxyl groups is 1. The van der Waals surface area contributed by atoms with Gasteiger partial charge in [-0.05, 0) is 35.1 Å². The van der Waals surface area contributed by atoms with Crippen LogP contribution in [0.15, 0.2) is 18.2 Å². The topological polar surface area (TPSA) is 29.5 Å². The first-order valence-electron chi connectivity index (χ1n) is 6.76. The lowest BCUT2D eigenvalue weighted by atomic mass is 9.84. The molecule has 2 nitrogen and oxygen atoms in total. The van der Waals surface area contributed by atoms with Gasteiger partial charge in [-0.2, -0.15) is 0 Å². The molecule has 1 N–H and O–H groups in total. The van der Waals surface area contributed by atoms with E-state index in [2.05, 4.69) is 33.8 Å². The summed E-state index contributed by atoms with van der Waals surface area (Å²) in [5.41, 5.74) is 2.17. The van der Waals surface area contributed by atoms with Gasteiger partial charge in [0.1, 0.15) is 5.75 Å². The van der Waals surface area contributed by atoms with Crippen LogP contribution in [-0.4, -0.2) is 12.2 Å². The number of ether oxygens (including phenoxy) is 1. The van der Waals surface area contributed by atoms with Crippen LogP contribution >= 0.6 is 0 Å². The molecular formula is C16H26O2. The maximum Gasteiger partial charge on any atom is 0.122 e. The van der Waals surface area contributed by atoms with Gasteiger partial charge in [0.2, 0.25) is 0 Å². The summed E-state index contributed by atoms with van der Waals surface area (Å²) in [6, 6.07) is 6.01. The molecule has 0 spiro atoms. The van der Waals surface area contributed by atoms with Gasteiger partial charge in [-0.3, -0.25) is 0 Å². The van der Waals surface area contributed by atoms with Crippen LogP contribution in [-0.2, 0) is 5.41 Å². The van der Waals surface area contributed by atoms with Crippen molar-refractivity contribution in [2.24, 2.45) is 0 Å². The van der Waals surface area contributed by atoms with Crippen LogP contribution in [0.5, 0.6) is 5.75 Å². The van der Waals surface area contributed by atoms with Crippen molar-refractivity contribution >= 4 is 0 Å². The van der Waals surface area contributed by atoms with Crippen molar-refractivity contribution in [3.63, 3.8) is 0 Å². The van der Waals surface area contributed by atoms with E-state index in [1.54, 1.807) is 7.11 Å². The molecule has 0 saturated carbocycles. The highest BCUT2D eigenvalue weighted by molar-refractivity contribution is 5.42. The van der Waals surface area contributed by atoms with Crippen molar-refractivity contribution < 1.29 is 9.84 Å². The van der Waals surface area contributed by atoms with Gasteiger partial charge in [0.15, 0.2) is 0 Å². The van der Waals surface area contributed by atoms with E-state index in [0.717, 1.165) is 36.1 Å². The Balaban J connectivity index is 3.03. The summed E-state index contributed by atoms with van der Waals surface area (Å²) in [5.74, 6) is 0.897. The van der Waals surface area contributed by atoms with Crippen LogP contribution in [0.3, 0.4) is 0 Å². The third-order valence-corrected chi connectivity index (χ3v) is 3.25. The zero-order valence-electron chi connectivity index (χ0n) is 12.3. The van der Waals surface area contributed by atoms with Crippen LogP contribution in [0.1, 0.15) is 64.2 Å². The first-order chi connectivity index (χ1) is 8.40. The van der Waals surface area contributed by atoms with E-state index in [-0.39, 0.29) is 11.5 Å². The lowest BCUT2D eigenvalue weighted by Crippen LogP contribution is -2.14. The largest absolute Gasteiger partial charge is 0.496 e. The fourth-order valence-corrected chi connectivity index (χ4v) is 2.08. The maximum atomic E-state index is 10.2. The van der Waals surface area contributed by atoms with Gasteiger partial charge in [0.25, 0.3) is 0 Å². The maximum absolute atomic E-state index is 10.2. The number of aliphatic hydroxyl groups excluding tert-OH is 1. The lowest BCUT2D eigenvalue weighted by molar-refractivity contribution is 0.164. The molecule has 1 unspecified atom stereocenters. The first kappa shape index (κ1) is 15.0. The average Bonchev–Trinajstić information content (AvgIpc) is 2.34. The highest BCUT2D eigenvalue weighted by atomic mass is 16.5. The van der Waals surface area contributed by atoms with Crippen LogP contribution in [0.25, 0.3) is 0 Å². The monoisotopic (exact) mass is 250 g/mol. The first-order valence-corrected chi connectivity index (χ1v) is 6.76. The number of unbranched alkanes of at least 4 members (excludes halogenated alkanes) is 1. The molecule has 0 aromatic heterocycles. The Hall–Kier alpha value is -1.02. The van der Waals surface area contributed by atoms with Crippen molar-refractivity contribution in [2.45, 2.75) is 58.5 Å². The molecule has 0 amide bonds. The third kappa shape index (κ3) is 3.74. The van der Waals surface area contributed by atoms with Crippen molar-refractivity contribution in [3.8, 4) is 5.75 Å². The zero-order valence-corrected chi connectivity index (χ0v) is 12.3. The van der Waals surface area contributed by atoms with E-state index >= 15 is 0 Å². The van der Waals surface area contributed by atoms with Gasteiger partial charge in [-0.1, -0.05) is 46.6 Å². The van der Waals surface area contributed by atoms with E-state index < -0.39 is 0 Å². The second-order valence-electron chi connectivity index (χ2n) is 5.87. The fraction of sp³-hybridized carbons (Fsp3) is 0.625. The number of rotatable bonds is 5. The van der Waals surface area contributed by atoms with Crippen molar-refractivity contribution in [3.05, 3.63) is 29.3 Å². The molecule has 0 aliphatic rings. The Labute approximate surface area is 111 Å². The smallest absolute Gasteiger partial charge is 0.122 e. The highest BCUT2D eigenvalue weighted by Crippen LogP contribution is 2.34. The van der Waals surface area contributed by atoms with E-state index in [1.807, 2.05) is 12.1 Å². The molecule has 0 saturated heterocycles. The van der Waals surface area contributed by atoms with Gasteiger partial charge in [-0.25, -0.2) is 0 Å². The highest BCUT2D eigenvalue weighted by Gasteiger charge is 2.20. The van der Waals surface area contributed by atoms with Gasteiger partial charge in [-0.15, -0.1) is 0 Å². The quantitative estimate of drug-likeness (QED) is 0.848. The van der Waals surface area contributed by atoms with E-state index in [1.165, 1.54) is 0 Å². The van der Waals surface area contributed by atoms with Gasteiger partial charge in [0, 0.05) is 0 Å². The van der Waals surface area contributed by atoms with Gasteiger partial charge < -0.3 is 9.84 Å². The van der Waals surface area contributed by atoms with E-state index in [9.17, 15) is 5.11 Å². The van der Waals surface area contributed by atoms with Crippen molar-refractivity contribution in [1.82, 2.24) is 0 Å². The summed E-state index contributed by atoms with van der Waals surface area (Å²) in [5, 5.41) is 10.2. The Kier molecular flexibility index (Phi) is 5.21. The number of benzene rings is 1. The standard InChI is InChI=1S/C16H26O2/c1-6-7-8-14(17)12-9-10-15(18-5)13(11-12)16(2,3)4/h9-11,14,17H,6-8H2,1-5H3. The fourth-order valence-electron chi connectivity index (χ4n) is 2.08. The summed E-state index contributed by atoms with van der Waals surface area (Å²) < 4.78 is 5.41. The minimum atomic E-state index is -0.364. The Bertz CT molecular complexity index is 377. The second kappa shape index (κ2) is 6.24. The predicted molar refractivity (Wildman–Crippen MR) is 76.2 cm³/mol. The Morgan fingerprint density at radius 3 is 2.44 bits per heavy atom. The van der Waals surface area contributed by atoms with Crippen LogP contribution in [0.2, 0.25) is 0 Å². The lowest BCUT2D eigenvalue weighted by Gasteiger charge is -2.24. The number of hydrogen-bond donors (Lipinski definition) is 1.